The molecule has 20 heavy (non-hydrogen) atoms. The van der Waals surface area contributed by atoms with E-state index in [4.69, 9.17) is 18.0 Å². The van der Waals surface area contributed by atoms with E-state index in [0.717, 1.165) is 12.0 Å². The molecule has 1 rings (SSSR count). The van der Waals surface area contributed by atoms with Gasteiger partial charge in [0.2, 0.25) is 10.0 Å². The Balaban J connectivity index is 2.99. The van der Waals surface area contributed by atoms with Crippen molar-refractivity contribution >= 4 is 27.2 Å². The Morgan fingerprint density at radius 1 is 1.35 bits per heavy atom. The second-order valence-corrected chi connectivity index (χ2v) is 7.65. The minimum atomic E-state index is -3.50. The number of hydrogen-bond acceptors (Lipinski definition) is 3. The first-order valence-corrected chi connectivity index (χ1v) is 8.45. The van der Waals surface area contributed by atoms with Crippen LogP contribution in [-0.4, -0.2) is 19.4 Å². The number of aryl methyl sites for hydroxylation is 1. The van der Waals surface area contributed by atoms with Crippen LogP contribution in [-0.2, 0) is 10.0 Å². The zero-order valence-corrected chi connectivity index (χ0v) is 13.9. The Hall–Kier alpha value is -0.980. The summed E-state index contributed by atoms with van der Waals surface area (Å²) in [6.07, 6.45) is 0.795. The molecule has 112 valence electrons. The fraction of sp³-hybridized carbons (Fsp3) is 0.500. The lowest BCUT2D eigenvalue weighted by Crippen LogP contribution is -2.33. The van der Waals surface area contributed by atoms with Crippen molar-refractivity contribution in [2.75, 3.05) is 0 Å². The molecule has 0 radical (unpaired) electrons. The molecule has 0 saturated carbocycles. The quantitative estimate of drug-likeness (QED) is 0.791. The molecule has 0 heterocycles. The molecular weight excluding hydrogens is 292 g/mol. The summed E-state index contributed by atoms with van der Waals surface area (Å²) in [5.74, 6) is 0.437. The van der Waals surface area contributed by atoms with Gasteiger partial charge in [0.05, 0.1) is 4.90 Å². The number of sulfonamides is 1. The third kappa shape index (κ3) is 4.54. The largest absolute Gasteiger partial charge is 0.389 e. The smallest absolute Gasteiger partial charge is 0.240 e. The third-order valence-corrected chi connectivity index (χ3v) is 4.76. The molecule has 0 fully saturated rings. The molecule has 3 N–H and O–H groups in total. The Kier molecular flexibility index (Phi) is 5.68. The van der Waals surface area contributed by atoms with Crippen LogP contribution < -0.4 is 10.5 Å². The van der Waals surface area contributed by atoms with Gasteiger partial charge < -0.3 is 5.73 Å². The third-order valence-electron chi connectivity index (χ3n) is 2.95. The topological polar surface area (TPSA) is 72.2 Å². The van der Waals surface area contributed by atoms with Crippen molar-refractivity contribution < 1.29 is 8.42 Å². The molecule has 1 unspecified atom stereocenters. The standard InChI is InChI=1S/C14H22N2O2S2/c1-9(2)7-11(4)16-20(17,18)12-5-6-13(14(15)19)10(3)8-12/h5-6,8-9,11,16H,7H2,1-4H3,(H2,15,19). The van der Waals surface area contributed by atoms with Crippen LogP contribution in [0.1, 0.15) is 38.3 Å². The van der Waals surface area contributed by atoms with Gasteiger partial charge in [0.25, 0.3) is 0 Å². The summed E-state index contributed by atoms with van der Waals surface area (Å²) in [6.45, 7) is 7.79. The Labute approximate surface area is 126 Å². The van der Waals surface area contributed by atoms with Gasteiger partial charge in [-0.05, 0) is 43.9 Å². The highest BCUT2D eigenvalue weighted by Gasteiger charge is 2.19. The number of benzene rings is 1. The lowest BCUT2D eigenvalue weighted by molar-refractivity contribution is 0.482. The maximum atomic E-state index is 12.3. The highest BCUT2D eigenvalue weighted by atomic mass is 32.2. The van der Waals surface area contributed by atoms with E-state index in [0.29, 0.717) is 11.5 Å². The van der Waals surface area contributed by atoms with E-state index in [2.05, 4.69) is 18.6 Å². The SMILES string of the molecule is Cc1cc(S(=O)(=O)NC(C)CC(C)C)ccc1C(N)=S. The maximum absolute atomic E-state index is 12.3. The van der Waals surface area contributed by atoms with Crippen LogP contribution >= 0.6 is 12.2 Å². The van der Waals surface area contributed by atoms with Crippen LogP contribution in [0.25, 0.3) is 0 Å². The minimum Gasteiger partial charge on any atom is -0.389 e. The lowest BCUT2D eigenvalue weighted by Gasteiger charge is -2.16. The normalized spacial score (nSPS) is 13.4. The Bertz CT molecular complexity index is 595. The molecular formula is C14H22N2O2S2. The molecule has 0 aliphatic heterocycles. The molecule has 4 nitrogen and oxygen atoms in total. The second-order valence-electron chi connectivity index (χ2n) is 5.49. The molecule has 0 aliphatic rings. The predicted molar refractivity (Wildman–Crippen MR) is 86.3 cm³/mol. The molecule has 0 spiro atoms. The van der Waals surface area contributed by atoms with Crippen LogP contribution in [0.4, 0.5) is 0 Å². The van der Waals surface area contributed by atoms with E-state index in [1.807, 2.05) is 6.92 Å². The molecule has 0 amide bonds. The van der Waals surface area contributed by atoms with Gasteiger partial charge in [-0.1, -0.05) is 32.1 Å². The van der Waals surface area contributed by atoms with Gasteiger partial charge in [-0.25, -0.2) is 13.1 Å². The highest BCUT2D eigenvalue weighted by Crippen LogP contribution is 2.16. The van der Waals surface area contributed by atoms with Crippen LogP contribution in [0.2, 0.25) is 0 Å². The molecule has 1 atom stereocenters. The van der Waals surface area contributed by atoms with Gasteiger partial charge in [-0.3, -0.25) is 0 Å². The van der Waals surface area contributed by atoms with E-state index in [1.165, 1.54) is 6.07 Å². The zero-order valence-electron chi connectivity index (χ0n) is 12.3. The number of nitrogens with two attached hydrogens (primary N) is 1. The van der Waals surface area contributed by atoms with E-state index in [9.17, 15) is 8.42 Å². The predicted octanol–water partition coefficient (Wildman–Crippen LogP) is 2.34. The van der Waals surface area contributed by atoms with Crippen molar-refractivity contribution in [1.82, 2.24) is 4.72 Å². The summed E-state index contributed by atoms with van der Waals surface area (Å²) in [7, 11) is -3.50. The summed E-state index contributed by atoms with van der Waals surface area (Å²) >= 11 is 4.92. The minimum absolute atomic E-state index is 0.101. The molecule has 6 heteroatoms. The molecule has 0 saturated heterocycles. The van der Waals surface area contributed by atoms with Crippen molar-refractivity contribution in [3.05, 3.63) is 29.3 Å². The van der Waals surface area contributed by atoms with Gasteiger partial charge in [0.15, 0.2) is 0 Å². The van der Waals surface area contributed by atoms with Crippen LogP contribution in [0.3, 0.4) is 0 Å². The number of nitrogens with one attached hydrogen (secondary N) is 1. The van der Waals surface area contributed by atoms with Crippen LogP contribution in [0.5, 0.6) is 0 Å². The van der Waals surface area contributed by atoms with Crippen LogP contribution in [0, 0.1) is 12.8 Å². The van der Waals surface area contributed by atoms with E-state index < -0.39 is 10.0 Å². The average Bonchev–Trinajstić information content (AvgIpc) is 2.25. The zero-order chi connectivity index (χ0) is 15.5. The van der Waals surface area contributed by atoms with Gasteiger partial charge >= 0.3 is 0 Å². The van der Waals surface area contributed by atoms with E-state index >= 15 is 0 Å². The molecule has 0 aliphatic carbocycles. The Morgan fingerprint density at radius 3 is 2.40 bits per heavy atom. The second kappa shape index (κ2) is 6.65. The number of thiocarbonyl (C=S) groups is 1. The highest BCUT2D eigenvalue weighted by molar-refractivity contribution is 7.89. The van der Waals surface area contributed by atoms with Gasteiger partial charge in [-0.15, -0.1) is 0 Å². The van der Waals surface area contributed by atoms with E-state index in [1.54, 1.807) is 19.1 Å². The van der Waals surface area contributed by atoms with Crippen molar-refractivity contribution in [3.8, 4) is 0 Å². The monoisotopic (exact) mass is 314 g/mol. The maximum Gasteiger partial charge on any atom is 0.240 e. The molecule has 1 aromatic rings. The Morgan fingerprint density at radius 2 is 1.95 bits per heavy atom. The van der Waals surface area contributed by atoms with Gasteiger partial charge in [-0.2, -0.15) is 0 Å². The van der Waals surface area contributed by atoms with Crippen LogP contribution in [0.15, 0.2) is 23.1 Å². The first-order chi connectivity index (χ1) is 9.13. The molecule has 0 aromatic heterocycles. The molecule has 1 aromatic carbocycles. The summed E-state index contributed by atoms with van der Waals surface area (Å²) in [6, 6.07) is 4.68. The first kappa shape index (κ1) is 17.1. The summed E-state index contributed by atoms with van der Waals surface area (Å²) < 4.78 is 27.3. The van der Waals surface area contributed by atoms with E-state index in [-0.39, 0.29) is 15.9 Å². The van der Waals surface area contributed by atoms with Crippen molar-refractivity contribution in [2.45, 2.75) is 45.1 Å². The molecule has 0 bridgehead atoms. The summed E-state index contributed by atoms with van der Waals surface area (Å²) in [5.41, 5.74) is 7.04. The summed E-state index contributed by atoms with van der Waals surface area (Å²) in [4.78, 5) is 0.512. The fourth-order valence-corrected chi connectivity index (χ4v) is 3.74. The first-order valence-electron chi connectivity index (χ1n) is 6.56. The fourth-order valence-electron chi connectivity index (χ4n) is 2.17. The number of rotatable bonds is 6. The van der Waals surface area contributed by atoms with Gasteiger partial charge in [0, 0.05) is 11.6 Å². The van der Waals surface area contributed by atoms with Crippen molar-refractivity contribution in [2.24, 2.45) is 11.7 Å². The number of hydrogen-bond donors (Lipinski definition) is 2. The van der Waals surface area contributed by atoms with Crippen molar-refractivity contribution in [3.63, 3.8) is 0 Å². The van der Waals surface area contributed by atoms with Crippen molar-refractivity contribution in [1.29, 1.82) is 0 Å². The lowest BCUT2D eigenvalue weighted by atomic mass is 10.1. The summed E-state index contributed by atoms with van der Waals surface area (Å²) in [5, 5.41) is 0. The van der Waals surface area contributed by atoms with Gasteiger partial charge in [0.1, 0.15) is 4.99 Å². The average molecular weight is 314 g/mol.